The third-order valence-corrected chi connectivity index (χ3v) is 5.90. The Morgan fingerprint density at radius 2 is 1.70 bits per heavy atom. The Morgan fingerprint density at radius 3 is 2.40 bits per heavy atom. The van der Waals surface area contributed by atoms with Gasteiger partial charge in [0.15, 0.2) is 6.29 Å². The first-order valence-corrected chi connectivity index (χ1v) is 11.4. The predicted octanol–water partition coefficient (Wildman–Crippen LogP) is 5.24. The van der Waals surface area contributed by atoms with E-state index in [1.807, 2.05) is 24.3 Å². The largest absolute Gasteiger partial charge is 0.492 e. The molecule has 2 aromatic carbocycles. The Labute approximate surface area is 180 Å². The van der Waals surface area contributed by atoms with Gasteiger partial charge < -0.3 is 19.5 Å². The molecule has 1 N–H and O–H groups in total. The summed E-state index contributed by atoms with van der Waals surface area (Å²) in [5.74, 6) is 1.80. The number of ether oxygens (including phenoxy) is 3. The molecule has 30 heavy (non-hydrogen) atoms. The second kappa shape index (κ2) is 10.7. The lowest BCUT2D eigenvalue weighted by molar-refractivity contribution is -0.105. The van der Waals surface area contributed by atoms with E-state index in [4.69, 9.17) is 14.2 Å². The van der Waals surface area contributed by atoms with E-state index in [-0.39, 0.29) is 12.3 Å². The van der Waals surface area contributed by atoms with Crippen molar-refractivity contribution in [2.75, 3.05) is 38.2 Å². The summed E-state index contributed by atoms with van der Waals surface area (Å²) in [7, 11) is 0. The van der Waals surface area contributed by atoms with Crippen LogP contribution in [0.2, 0.25) is 0 Å². The molecule has 0 amide bonds. The minimum atomic E-state index is -0.101. The van der Waals surface area contributed by atoms with Crippen LogP contribution in [0.1, 0.15) is 50.6 Å². The summed E-state index contributed by atoms with van der Waals surface area (Å²) in [6, 6.07) is 16.7. The van der Waals surface area contributed by atoms with Gasteiger partial charge in [-0.15, -0.1) is 0 Å². The standard InChI is InChI=1S/C25H34N2O3/c1-20(21-7-11-24(12-8-21)30-25-6-2-5-18-29-25)26-22-9-13-23(14-10-22)28-19-17-27-15-3-4-16-27/h7-14,20,25-26H,2-6,15-19H2,1H3. The second-order valence-electron chi connectivity index (χ2n) is 8.27. The Hall–Kier alpha value is -2.24. The third-order valence-electron chi connectivity index (χ3n) is 5.90. The summed E-state index contributed by atoms with van der Waals surface area (Å²) in [4.78, 5) is 2.47. The highest BCUT2D eigenvalue weighted by Gasteiger charge is 2.15. The Kier molecular flexibility index (Phi) is 7.49. The quantitative estimate of drug-likeness (QED) is 0.612. The highest BCUT2D eigenvalue weighted by Crippen LogP contribution is 2.25. The molecule has 0 saturated carbocycles. The van der Waals surface area contributed by atoms with Crippen LogP contribution in [0.15, 0.2) is 48.5 Å². The lowest BCUT2D eigenvalue weighted by Crippen LogP contribution is -2.25. The van der Waals surface area contributed by atoms with Crippen molar-refractivity contribution >= 4 is 5.69 Å². The second-order valence-corrected chi connectivity index (χ2v) is 8.27. The fraction of sp³-hybridized carbons (Fsp3) is 0.520. The highest BCUT2D eigenvalue weighted by atomic mass is 16.7. The van der Waals surface area contributed by atoms with Crippen LogP contribution in [-0.2, 0) is 4.74 Å². The molecule has 0 spiro atoms. The number of nitrogens with one attached hydrogen (secondary N) is 1. The number of hydrogen-bond acceptors (Lipinski definition) is 5. The van der Waals surface area contributed by atoms with Gasteiger partial charge in [0.05, 0.1) is 6.61 Å². The Bertz CT molecular complexity index is 751. The lowest BCUT2D eigenvalue weighted by Gasteiger charge is -2.23. The molecule has 162 valence electrons. The fourth-order valence-corrected chi connectivity index (χ4v) is 4.07. The van der Waals surface area contributed by atoms with E-state index >= 15 is 0 Å². The maximum Gasteiger partial charge on any atom is 0.199 e. The molecule has 0 bridgehead atoms. The number of benzene rings is 2. The molecule has 2 unspecified atom stereocenters. The van der Waals surface area contributed by atoms with Gasteiger partial charge >= 0.3 is 0 Å². The topological polar surface area (TPSA) is 43.0 Å². The summed E-state index contributed by atoms with van der Waals surface area (Å²) in [6.07, 6.45) is 5.82. The third kappa shape index (κ3) is 6.13. The monoisotopic (exact) mass is 410 g/mol. The maximum absolute atomic E-state index is 5.93. The first-order valence-electron chi connectivity index (χ1n) is 11.4. The van der Waals surface area contributed by atoms with Gasteiger partial charge in [-0.05, 0) is 87.7 Å². The minimum absolute atomic E-state index is 0.101. The molecule has 0 aromatic heterocycles. The molecule has 2 heterocycles. The molecule has 2 fully saturated rings. The van der Waals surface area contributed by atoms with E-state index in [2.05, 4.69) is 41.4 Å². The highest BCUT2D eigenvalue weighted by molar-refractivity contribution is 5.48. The van der Waals surface area contributed by atoms with Gasteiger partial charge in [-0.1, -0.05) is 12.1 Å². The first-order chi connectivity index (χ1) is 14.8. The molecule has 5 nitrogen and oxygen atoms in total. The lowest BCUT2D eigenvalue weighted by atomic mass is 10.1. The van der Waals surface area contributed by atoms with Crippen molar-refractivity contribution in [2.45, 2.75) is 51.4 Å². The molecular formula is C25H34N2O3. The van der Waals surface area contributed by atoms with Gasteiger partial charge in [0.25, 0.3) is 0 Å². The summed E-state index contributed by atoms with van der Waals surface area (Å²) in [6.45, 7) is 7.16. The number of nitrogens with zero attached hydrogens (tertiary/aromatic N) is 1. The van der Waals surface area contributed by atoms with Gasteiger partial charge in [-0.2, -0.15) is 0 Å². The molecule has 2 saturated heterocycles. The molecule has 2 atom stereocenters. The molecule has 0 radical (unpaired) electrons. The predicted molar refractivity (Wildman–Crippen MR) is 120 cm³/mol. The van der Waals surface area contributed by atoms with Gasteiger partial charge in [0, 0.05) is 24.7 Å². The van der Waals surface area contributed by atoms with Crippen molar-refractivity contribution in [3.05, 3.63) is 54.1 Å². The van der Waals surface area contributed by atoms with Crippen molar-refractivity contribution in [2.24, 2.45) is 0 Å². The van der Waals surface area contributed by atoms with Gasteiger partial charge in [-0.25, -0.2) is 0 Å². The van der Waals surface area contributed by atoms with E-state index in [0.29, 0.717) is 0 Å². The zero-order valence-corrected chi connectivity index (χ0v) is 18.0. The van der Waals surface area contributed by atoms with E-state index in [1.54, 1.807) is 0 Å². The Balaban J connectivity index is 1.23. The zero-order valence-electron chi connectivity index (χ0n) is 18.0. The van der Waals surface area contributed by atoms with Crippen molar-refractivity contribution in [3.63, 3.8) is 0 Å². The summed E-state index contributed by atoms with van der Waals surface area (Å²) >= 11 is 0. The number of hydrogen-bond donors (Lipinski definition) is 1. The van der Waals surface area contributed by atoms with E-state index in [1.165, 1.54) is 37.9 Å². The first kappa shape index (κ1) is 21.0. The van der Waals surface area contributed by atoms with Crippen molar-refractivity contribution in [1.29, 1.82) is 0 Å². The van der Waals surface area contributed by atoms with Crippen LogP contribution in [0.3, 0.4) is 0 Å². The molecule has 0 aliphatic carbocycles. The van der Waals surface area contributed by atoms with Crippen molar-refractivity contribution in [1.82, 2.24) is 4.90 Å². The van der Waals surface area contributed by atoms with Gasteiger partial charge in [-0.3, -0.25) is 4.90 Å². The molecule has 4 rings (SSSR count). The van der Waals surface area contributed by atoms with Crippen LogP contribution in [-0.4, -0.2) is 44.0 Å². The summed E-state index contributed by atoms with van der Waals surface area (Å²) < 4.78 is 17.5. The van der Waals surface area contributed by atoms with Gasteiger partial charge in [0.1, 0.15) is 18.1 Å². The van der Waals surface area contributed by atoms with Crippen LogP contribution in [0.4, 0.5) is 5.69 Å². The molecule has 2 aliphatic heterocycles. The van der Waals surface area contributed by atoms with E-state index < -0.39 is 0 Å². The summed E-state index contributed by atoms with van der Waals surface area (Å²) in [5, 5.41) is 3.56. The Morgan fingerprint density at radius 1 is 0.967 bits per heavy atom. The fourth-order valence-electron chi connectivity index (χ4n) is 4.07. The average Bonchev–Trinajstić information content (AvgIpc) is 3.30. The van der Waals surface area contributed by atoms with Crippen LogP contribution in [0, 0.1) is 0 Å². The number of likely N-dealkylation sites (tertiary alicyclic amines) is 1. The van der Waals surface area contributed by atoms with Crippen LogP contribution < -0.4 is 14.8 Å². The number of rotatable bonds is 9. The minimum Gasteiger partial charge on any atom is -0.492 e. The molecule has 5 heteroatoms. The SMILES string of the molecule is CC(Nc1ccc(OCCN2CCCC2)cc1)c1ccc(OC2CCCCO2)cc1. The van der Waals surface area contributed by atoms with Crippen molar-refractivity contribution in [3.8, 4) is 11.5 Å². The number of anilines is 1. The van der Waals surface area contributed by atoms with E-state index in [9.17, 15) is 0 Å². The van der Waals surface area contributed by atoms with Crippen LogP contribution in [0.25, 0.3) is 0 Å². The molecular weight excluding hydrogens is 376 g/mol. The maximum atomic E-state index is 5.93. The summed E-state index contributed by atoms with van der Waals surface area (Å²) in [5.41, 5.74) is 2.31. The van der Waals surface area contributed by atoms with Crippen LogP contribution in [0.5, 0.6) is 11.5 Å². The smallest absolute Gasteiger partial charge is 0.199 e. The van der Waals surface area contributed by atoms with Gasteiger partial charge in [0.2, 0.25) is 0 Å². The average molecular weight is 411 g/mol. The molecule has 2 aliphatic rings. The zero-order chi connectivity index (χ0) is 20.6. The van der Waals surface area contributed by atoms with E-state index in [0.717, 1.165) is 49.8 Å². The van der Waals surface area contributed by atoms with Crippen LogP contribution >= 0.6 is 0 Å². The molecule has 2 aromatic rings. The van der Waals surface area contributed by atoms with Crippen molar-refractivity contribution < 1.29 is 14.2 Å². The normalized spacial score (nSPS) is 20.6.